The molecule has 0 N–H and O–H groups in total. The van der Waals surface area contributed by atoms with Crippen LogP contribution in [0.15, 0.2) is 24.3 Å². The Morgan fingerprint density at radius 1 is 1.03 bits per heavy atom. The van der Waals surface area contributed by atoms with E-state index in [-0.39, 0.29) is 13.2 Å². The van der Waals surface area contributed by atoms with Crippen LogP contribution in [0.5, 0.6) is 0 Å². The number of unbranched alkanes of at least 4 members (excludes halogenated alkanes) is 4. The first-order valence-electron chi connectivity index (χ1n) is 11.0. The second-order valence-electron chi connectivity index (χ2n) is 8.81. The molecule has 3 aliphatic rings. The number of anilines is 1. The highest BCUT2D eigenvalue weighted by atomic mass is 16.8. The molecule has 0 aromatic heterocycles. The molecule has 3 aliphatic heterocycles. The van der Waals surface area contributed by atoms with E-state index < -0.39 is 35.7 Å². The van der Waals surface area contributed by atoms with Gasteiger partial charge < -0.3 is 18.9 Å². The van der Waals surface area contributed by atoms with Gasteiger partial charge in [0.1, 0.15) is 12.6 Å². The molecule has 1 amide bonds. The molecule has 1 aromatic rings. The van der Waals surface area contributed by atoms with Crippen molar-refractivity contribution in [1.29, 1.82) is 0 Å². The first kappa shape index (κ1) is 21.3. The summed E-state index contributed by atoms with van der Waals surface area (Å²) in [7, 11) is 0. The topological polar surface area (TPSA) is 74.3 Å². The Bertz CT molecular complexity index is 791. The lowest BCUT2D eigenvalue weighted by Crippen LogP contribution is -2.59. The predicted molar refractivity (Wildman–Crippen MR) is 110 cm³/mol. The Morgan fingerprint density at radius 3 is 2.50 bits per heavy atom. The summed E-state index contributed by atoms with van der Waals surface area (Å²) in [6, 6.07) is 7.86. The van der Waals surface area contributed by atoms with Crippen LogP contribution in [0.25, 0.3) is 0 Å². The molecular formula is C23H31NO6. The number of carbonyl (C=O) groups is 2. The Kier molecular flexibility index (Phi) is 5.88. The normalized spacial score (nSPS) is 30.0. The fraction of sp³-hybridized carbons (Fsp3) is 0.652. The number of fused-ring (bicyclic) bond motifs is 1. The van der Waals surface area contributed by atoms with Crippen LogP contribution in [0.1, 0.15) is 58.4 Å². The van der Waals surface area contributed by atoms with Gasteiger partial charge in [0.05, 0.1) is 6.61 Å². The Morgan fingerprint density at radius 2 is 1.77 bits per heavy atom. The Labute approximate surface area is 177 Å². The van der Waals surface area contributed by atoms with Gasteiger partial charge in [0.25, 0.3) is 5.79 Å². The number of rotatable bonds is 7. The van der Waals surface area contributed by atoms with Crippen LogP contribution in [0.2, 0.25) is 0 Å². The second-order valence-corrected chi connectivity index (χ2v) is 8.81. The van der Waals surface area contributed by atoms with Crippen molar-refractivity contribution < 1.29 is 28.5 Å². The van der Waals surface area contributed by atoms with Gasteiger partial charge in [-0.15, -0.1) is 0 Å². The number of amides is 1. The number of aryl methyl sites for hydroxylation is 1. The van der Waals surface area contributed by atoms with E-state index in [0.717, 1.165) is 12.8 Å². The van der Waals surface area contributed by atoms with Crippen molar-refractivity contribution in [3.63, 3.8) is 0 Å². The molecular weight excluding hydrogens is 386 g/mol. The van der Waals surface area contributed by atoms with Crippen molar-refractivity contribution in [2.24, 2.45) is 0 Å². The summed E-state index contributed by atoms with van der Waals surface area (Å²) < 4.78 is 22.6. The van der Waals surface area contributed by atoms with Gasteiger partial charge in [-0.2, -0.15) is 0 Å². The third-order valence-corrected chi connectivity index (χ3v) is 5.95. The third-order valence-electron chi connectivity index (χ3n) is 5.95. The van der Waals surface area contributed by atoms with Gasteiger partial charge in [0.2, 0.25) is 5.78 Å². The number of nitrogens with zero attached hydrogens (tertiary/aromatic N) is 1. The molecule has 164 valence electrons. The van der Waals surface area contributed by atoms with Gasteiger partial charge in [0.15, 0.2) is 11.9 Å². The van der Waals surface area contributed by atoms with Crippen LogP contribution in [-0.4, -0.2) is 48.8 Å². The van der Waals surface area contributed by atoms with Crippen LogP contribution in [0.4, 0.5) is 10.5 Å². The molecule has 7 heteroatoms. The van der Waals surface area contributed by atoms with Crippen molar-refractivity contribution in [2.45, 2.75) is 83.1 Å². The van der Waals surface area contributed by atoms with E-state index in [9.17, 15) is 9.59 Å². The maximum absolute atomic E-state index is 13.1. The van der Waals surface area contributed by atoms with Crippen LogP contribution < -0.4 is 4.90 Å². The van der Waals surface area contributed by atoms with Crippen LogP contribution >= 0.6 is 0 Å². The smallest absolute Gasteiger partial charge is 0.407 e. The molecule has 3 heterocycles. The van der Waals surface area contributed by atoms with Crippen molar-refractivity contribution in [3.8, 4) is 0 Å². The second kappa shape index (κ2) is 8.29. The Balaban J connectivity index is 1.40. The molecule has 0 bridgehead atoms. The lowest BCUT2D eigenvalue weighted by molar-refractivity contribution is -0.218. The SMILES string of the molecule is CCCCCCCc1ccc(N2C[C@]3(OC[C@H]4OC(C)(C)O[C@H]4C3=O)OC2=O)cc1. The lowest BCUT2D eigenvalue weighted by atomic mass is 9.98. The molecule has 3 atom stereocenters. The average molecular weight is 418 g/mol. The first-order valence-corrected chi connectivity index (χ1v) is 11.0. The lowest BCUT2D eigenvalue weighted by Gasteiger charge is -2.34. The summed E-state index contributed by atoms with van der Waals surface area (Å²) in [4.78, 5) is 27.1. The van der Waals surface area contributed by atoms with Gasteiger partial charge in [-0.25, -0.2) is 4.79 Å². The summed E-state index contributed by atoms with van der Waals surface area (Å²) in [5, 5.41) is 0. The van der Waals surface area contributed by atoms with Crippen molar-refractivity contribution >= 4 is 17.6 Å². The van der Waals surface area contributed by atoms with E-state index in [1.54, 1.807) is 13.8 Å². The van der Waals surface area contributed by atoms with Gasteiger partial charge >= 0.3 is 6.09 Å². The van der Waals surface area contributed by atoms with Crippen molar-refractivity contribution in [3.05, 3.63) is 29.8 Å². The number of benzene rings is 1. The monoisotopic (exact) mass is 417 g/mol. The number of hydrogen-bond acceptors (Lipinski definition) is 6. The van der Waals surface area contributed by atoms with E-state index in [2.05, 4.69) is 6.92 Å². The minimum absolute atomic E-state index is 0.00798. The molecule has 4 rings (SSSR count). The highest BCUT2D eigenvalue weighted by molar-refractivity contribution is 6.00. The molecule has 1 spiro atoms. The largest absolute Gasteiger partial charge is 0.417 e. The molecule has 0 radical (unpaired) electrons. The predicted octanol–water partition coefficient (Wildman–Crippen LogP) is 3.97. The molecule has 3 saturated heterocycles. The number of ketones is 1. The van der Waals surface area contributed by atoms with E-state index in [4.69, 9.17) is 18.9 Å². The zero-order chi connectivity index (χ0) is 21.4. The van der Waals surface area contributed by atoms with E-state index >= 15 is 0 Å². The third kappa shape index (κ3) is 4.11. The fourth-order valence-corrected chi connectivity index (χ4v) is 4.36. The Hall–Kier alpha value is -1.96. The van der Waals surface area contributed by atoms with E-state index in [0.29, 0.717) is 5.69 Å². The summed E-state index contributed by atoms with van der Waals surface area (Å²) in [5.41, 5.74) is 1.93. The van der Waals surface area contributed by atoms with Gasteiger partial charge in [-0.1, -0.05) is 44.7 Å². The standard InChI is InChI=1S/C23H31NO6/c1-4-5-6-7-8-9-16-10-12-17(13-11-16)24-15-23(30-21(24)26)20(25)19-18(14-27-23)28-22(2,3)29-19/h10-13,18-19H,4-9,14-15H2,1-3H3/t18-,19-,23+/m1/s1. The minimum Gasteiger partial charge on any atom is -0.407 e. The molecule has 0 unspecified atom stereocenters. The average Bonchev–Trinajstić information content (AvgIpc) is 3.22. The van der Waals surface area contributed by atoms with E-state index in [1.165, 1.54) is 36.1 Å². The number of Topliss-reactive ketones (excluding diaryl/α,β-unsaturated/α-hetero) is 1. The number of carbonyl (C=O) groups excluding carboxylic acids is 2. The fourth-order valence-electron chi connectivity index (χ4n) is 4.36. The molecule has 30 heavy (non-hydrogen) atoms. The van der Waals surface area contributed by atoms with Crippen LogP contribution in [0.3, 0.4) is 0 Å². The summed E-state index contributed by atoms with van der Waals surface area (Å²) >= 11 is 0. The minimum atomic E-state index is -1.64. The van der Waals surface area contributed by atoms with Crippen LogP contribution in [0, 0.1) is 0 Å². The molecule has 1 aromatic carbocycles. The molecule has 7 nitrogen and oxygen atoms in total. The van der Waals surface area contributed by atoms with Crippen molar-refractivity contribution in [2.75, 3.05) is 18.1 Å². The van der Waals surface area contributed by atoms with Gasteiger partial charge in [0, 0.05) is 5.69 Å². The van der Waals surface area contributed by atoms with Crippen molar-refractivity contribution in [1.82, 2.24) is 0 Å². The highest BCUT2D eigenvalue weighted by Gasteiger charge is 2.63. The van der Waals surface area contributed by atoms with Gasteiger partial charge in [-0.3, -0.25) is 9.69 Å². The van der Waals surface area contributed by atoms with E-state index in [1.807, 2.05) is 24.3 Å². The zero-order valence-electron chi connectivity index (χ0n) is 18.0. The number of ether oxygens (including phenoxy) is 4. The molecule has 3 fully saturated rings. The summed E-state index contributed by atoms with van der Waals surface area (Å²) in [6.45, 7) is 5.87. The molecule has 0 saturated carbocycles. The molecule has 0 aliphatic carbocycles. The summed E-state index contributed by atoms with van der Waals surface area (Å²) in [6.07, 6.45) is 5.36. The maximum atomic E-state index is 13.1. The van der Waals surface area contributed by atoms with Crippen LogP contribution in [-0.2, 0) is 30.2 Å². The highest BCUT2D eigenvalue weighted by Crippen LogP contribution is 2.40. The number of hydrogen-bond donors (Lipinski definition) is 0. The maximum Gasteiger partial charge on any atom is 0.417 e. The summed E-state index contributed by atoms with van der Waals surface area (Å²) in [5.74, 6) is -2.90. The zero-order valence-corrected chi connectivity index (χ0v) is 18.0. The first-order chi connectivity index (χ1) is 14.3. The van der Waals surface area contributed by atoms with Gasteiger partial charge in [-0.05, 0) is 44.4 Å². The quantitative estimate of drug-likeness (QED) is 0.625.